The first kappa shape index (κ1) is 13.4. The maximum absolute atomic E-state index is 6.38. The van der Waals surface area contributed by atoms with E-state index in [0.29, 0.717) is 11.3 Å². The quantitative estimate of drug-likeness (QED) is 0.629. The first-order chi connectivity index (χ1) is 8.66. The third-order valence-corrected chi connectivity index (χ3v) is 3.73. The summed E-state index contributed by atoms with van der Waals surface area (Å²) in [6.07, 6.45) is 3.24. The number of fused-ring (bicyclic) bond motifs is 1. The summed E-state index contributed by atoms with van der Waals surface area (Å²) >= 11 is 6.38. The van der Waals surface area contributed by atoms with E-state index < -0.39 is 0 Å². The van der Waals surface area contributed by atoms with E-state index in [1.807, 2.05) is 0 Å². The fraction of sp³-hybridized carbons (Fsp3) is 0.412. The maximum atomic E-state index is 6.38. The lowest BCUT2D eigenvalue weighted by Gasteiger charge is -2.12. The molecule has 0 aliphatic carbocycles. The second kappa shape index (κ2) is 6.24. The molecule has 0 saturated heterocycles. The van der Waals surface area contributed by atoms with Crippen LogP contribution in [0.5, 0.6) is 0 Å². The molecule has 0 amide bonds. The summed E-state index contributed by atoms with van der Waals surface area (Å²) in [5, 5.41) is 2.99. The van der Waals surface area contributed by atoms with Gasteiger partial charge in [-0.2, -0.15) is 0 Å². The second-order valence-electron chi connectivity index (χ2n) is 5.40. The lowest BCUT2D eigenvalue weighted by atomic mass is 9.98. The molecule has 1 heteroatoms. The average molecular weight is 261 g/mol. The summed E-state index contributed by atoms with van der Waals surface area (Å²) in [6, 6.07) is 15.1. The molecule has 0 radical (unpaired) electrons. The molecule has 0 bridgehead atoms. The molecule has 0 spiro atoms. The van der Waals surface area contributed by atoms with Crippen LogP contribution in [0.1, 0.15) is 32.3 Å². The number of hydrogen-bond donors (Lipinski definition) is 0. The number of hydrogen-bond acceptors (Lipinski definition) is 0. The van der Waals surface area contributed by atoms with Crippen molar-refractivity contribution in [3.05, 3.63) is 48.0 Å². The van der Waals surface area contributed by atoms with Crippen LogP contribution in [-0.4, -0.2) is 5.38 Å². The molecule has 0 heterocycles. The highest BCUT2D eigenvalue weighted by molar-refractivity contribution is 6.20. The van der Waals surface area contributed by atoms with Crippen molar-refractivity contribution in [3.63, 3.8) is 0 Å². The molecule has 0 aliphatic heterocycles. The van der Waals surface area contributed by atoms with Crippen molar-refractivity contribution in [2.75, 3.05) is 0 Å². The molecular formula is C17H21Cl. The van der Waals surface area contributed by atoms with Crippen LogP contribution in [0, 0.1) is 5.92 Å². The van der Waals surface area contributed by atoms with Crippen LogP contribution in [0.3, 0.4) is 0 Å². The van der Waals surface area contributed by atoms with Gasteiger partial charge in [0.1, 0.15) is 0 Å². The number of alkyl halides is 1. The van der Waals surface area contributed by atoms with E-state index in [0.717, 1.165) is 19.3 Å². The zero-order valence-electron chi connectivity index (χ0n) is 11.2. The number of aryl methyl sites for hydroxylation is 1. The number of rotatable bonds is 5. The molecule has 0 fully saturated rings. The van der Waals surface area contributed by atoms with Crippen LogP contribution in [0.2, 0.25) is 0 Å². The van der Waals surface area contributed by atoms with Crippen molar-refractivity contribution in [1.29, 1.82) is 0 Å². The largest absolute Gasteiger partial charge is 0.123 e. The Morgan fingerprint density at radius 2 is 1.72 bits per heavy atom. The SMILES string of the molecule is CC(C)CC(Cl)CCc1cccc2ccccc12. The lowest BCUT2D eigenvalue weighted by Crippen LogP contribution is -2.05. The molecule has 0 aliphatic rings. The van der Waals surface area contributed by atoms with Crippen molar-refractivity contribution < 1.29 is 0 Å². The minimum atomic E-state index is 0.295. The van der Waals surface area contributed by atoms with Gasteiger partial charge in [0.05, 0.1) is 0 Å². The summed E-state index contributed by atoms with van der Waals surface area (Å²) in [4.78, 5) is 0. The van der Waals surface area contributed by atoms with Crippen molar-refractivity contribution >= 4 is 22.4 Å². The Morgan fingerprint density at radius 1 is 1.00 bits per heavy atom. The van der Waals surface area contributed by atoms with Crippen molar-refractivity contribution in [2.45, 2.75) is 38.5 Å². The minimum absolute atomic E-state index is 0.295. The highest BCUT2D eigenvalue weighted by atomic mass is 35.5. The Morgan fingerprint density at radius 3 is 2.50 bits per heavy atom. The Kier molecular flexibility index (Phi) is 4.66. The van der Waals surface area contributed by atoms with Crippen LogP contribution in [0.4, 0.5) is 0 Å². The van der Waals surface area contributed by atoms with Crippen LogP contribution < -0.4 is 0 Å². The van der Waals surface area contributed by atoms with Crippen LogP contribution in [0.15, 0.2) is 42.5 Å². The van der Waals surface area contributed by atoms with Gasteiger partial charge in [-0.05, 0) is 41.5 Å². The average Bonchev–Trinajstić information content (AvgIpc) is 2.35. The standard InChI is InChI=1S/C17H21Cl/c1-13(2)12-16(18)11-10-15-8-5-7-14-6-3-4-9-17(14)15/h3-9,13,16H,10-12H2,1-2H3. The Balaban J connectivity index is 2.08. The number of benzene rings is 2. The summed E-state index contributed by atoms with van der Waals surface area (Å²) in [5.74, 6) is 0.681. The third-order valence-electron chi connectivity index (χ3n) is 3.33. The van der Waals surface area contributed by atoms with Crippen molar-refractivity contribution in [3.8, 4) is 0 Å². The van der Waals surface area contributed by atoms with E-state index in [2.05, 4.69) is 56.3 Å². The van der Waals surface area contributed by atoms with E-state index >= 15 is 0 Å². The molecule has 1 unspecified atom stereocenters. The van der Waals surface area contributed by atoms with Crippen molar-refractivity contribution in [1.82, 2.24) is 0 Å². The Bertz CT molecular complexity index is 496. The van der Waals surface area contributed by atoms with Gasteiger partial charge in [0.2, 0.25) is 0 Å². The molecule has 0 nitrogen and oxygen atoms in total. The summed E-state index contributed by atoms with van der Waals surface area (Å²) in [7, 11) is 0. The highest BCUT2D eigenvalue weighted by Crippen LogP contribution is 2.22. The normalized spacial score (nSPS) is 13.1. The van der Waals surface area contributed by atoms with E-state index in [9.17, 15) is 0 Å². The zero-order valence-corrected chi connectivity index (χ0v) is 12.0. The monoisotopic (exact) mass is 260 g/mol. The Labute approximate surface area is 115 Å². The predicted molar refractivity (Wildman–Crippen MR) is 81.4 cm³/mol. The topological polar surface area (TPSA) is 0 Å². The number of halogens is 1. The molecular weight excluding hydrogens is 240 g/mol. The van der Waals surface area contributed by atoms with E-state index in [1.54, 1.807) is 0 Å². The first-order valence-electron chi connectivity index (χ1n) is 6.77. The predicted octanol–water partition coefficient (Wildman–Crippen LogP) is 5.43. The summed E-state index contributed by atoms with van der Waals surface area (Å²) in [5.41, 5.74) is 1.42. The van der Waals surface area contributed by atoms with E-state index in [-0.39, 0.29) is 0 Å². The third kappa shape index (κ3) is 3.49. The zero-order chi connectivity index (χ0) is 13.0. The van der Waals surface area contributed by atoms with Gasteiger partial charge < -0.3 is 0 Å². The minimum Gasteiger partial charge on any atom is -0.123 e. The van der Waals surface area contributed by atoms with Gasteiger partial charge >= 0.3 is 0 Å². The molecule has 0 N–H and O–H groups in total. The van der Waals surface area contributed by atoms with E-state index in [4.69, 9.17) is 11.6 Å². The van der Waals surface area contributed by atoms with Gasteiger partial charge in [-0.25, -0.2) is 0 Å². The van der Waals surface area contributed by atoms with Crippen LogP contribution in [0.25, 0.3) is 10.8 Å². The molecule has 2 aromatic rings. The summed E-state index contributed by atoms with van der Waals surface area (Å²) < 4.78 is 0. The highest BCUT2D eigenvalue weighted by Gasteiger charge is 2.08. The van der Waals surface area contributed by atoms with Crippen LogP contribution >= 0.6 is 11.6 Å². The first-order valence-corrected chi connectivity index (χ1v) is 7.21. The second-order valence-corrected chi connectivity index (χ2v) is 6.02. The lowest BCUT2D eigenvalue weighted by molar-refractivity contribution is 0.545. The summed E-state index contributed by atoms with van der Waals surface area (Å²) in [6.45, 7) is 4.46. The van der Waals surface area contributed by atoms with Gasteiger partial charge in [0, 0.05) is 5.38 Å². The smallest absolute Gasteiger partial charge is 0.0341 e. The molecule has 2 aromatic carbocycles. The molecule has 0 saturated carbocycles. The maximum Gasteiger partial charge on any atom is 0.0341 e. The fourth-order valence-electron chi connectivity index (χ4n) is 2.45. The molecule has 0 aromatic heterocycles. The van der Waals surface area contributed by atoms with Gasteiger partial charge in [-0.15, -0.1) is 11.6 Å². The molecule has 18 heavy (non-hydrogen) atoms. The van der Waals surface area contributed by atoms with Crippen LogP contribution in [-0.2, 0) is 6.42 Å². The Hall–Kier alpha value is -1.01. The van der Waals surface area contributed by atoms with Gasteiger partial charge in [-0.1, -0.05) is 56.3 Å². The van der Waals surface area contributed by atoms with Crippen molar-refractivity contribution in [2.24, 2.45) is 5.92 Å². The van der Waals surface area contributed by atoms with E-state index in [1.165, 1.54) is 16.3 Å². The van der Waals surface area contributed by atoms with Gasteiger partial charge in [0.25, 0.3) is 0 Å². The van der Waals surface area contributed by atoms with Gasteiger partial charge in [-0.3, -0.25) is 0 Å². The molecule has 1 atom stereocenters. The van der Waals surface area contributed by atoms with Gasteiger partial charge in [0.15, 0.2) is 0 Å². The molecule has 96 valence electrons. The fourth-order valence-corrected chi connectivity index (χ4v) is 2.92. The molecule has 2 rings (SSSR count).